The van der Waals surface area contributed by atoms with Crippen molar-refractivity contribution in [3.8, 4) is 57.5 Å². The van der Waals surface area contributed by atoms with Gasteiger partial charge in [0.25, 0.3) is 0 Å². The molecule has 0 saturated carbocycles. The number of ketones is 4. The zero-order chi connectivity index (χ0) is 53.6. The Morgan fingerprint density at radius 2 is 0.795 bits per heavy atom. The molecule has 32 nitrogen and oxygen atoms in total. The summed E-state index contributed by atoms with van der Waals surface area (Å²) in [6, 6.07) is 1.32. The van der Waals surface area contributed by atoms with E-state index in [9.17, 15) is 121 Å². The monoisotopic (exact) mass is 1150 g/mol. The van der Waals surface area contributed by atoms with Crippen LogP contribution < -0.4 is 29.9 Å². The summed E-state index contributed by atoms with van der Waals surface area (Å²) in [5, 5.41) is 190. The van der Waals surface area contributed by atoms with Crippen molar-refractivity contribution in [1.82, 2.24) is 0 Å². The number of carboxylic acid groups (broad SMARTS) is 2. The van der Waals surface area contributed by atoms with E-state index in [1.54, 1.807) is 0 Å². The van der Waals surface area contributed by atoms with Crippen molar-refractivity contribution >= 4 is 90.2 Å². The van der Waals surface area contributed by atoms with Gasteiger partial charge in [0, 0.05) is 44.5 Å². The molecule has 4 aliphatic rings. The number of carbonyl (C=O) groups excluding carboxylic acids is 4. The van der Waals surface area contributed by atoms with Gasteiger partial charge in [0.05, 0.1) is 13.2 Å². The van der Waals surface area contributed by atoms with E-state index in [2.05, 4.69) is 0 Å². The minimum absolute atomic E-state index is 0. The van der Waals surface area contributed by atoms with Gasteiger partial charge in [-0.2, -0.15) is 0 Å². The van der Waals surface area contributed by atoms with Crippen molar-refractivity contribution in [2.45, 2.75) is 75.3 Å². The maximum absolute atomic E-state index is 13.3. The third-order valence-electron chi connectivity index (χ3n) is 12.2. The molecule has 34 heteroatoms. The quantitative estimate of drug-likeness (QED) is 0.0629. The van der Waals surface area contributed by atoms with Crippen LogP contribution >= 0.6 is 0 Å². The van der Waals surface area contributed by atoms with Gasteiger partial charge in [-0.1, -0.05) is 0 Å². The van der Waals surface area contributed by atoms with E-state index in [0.29, 0.717) is 12.1 Å². The predicted molar refractivity (Wildman–Crippen MR) is 240 cm³/mol. The number of phenolic OH excluding ortho intramolecular Hbond substituents is 2. The van der Waals surface area contributed by atoms with E-state index in [1.807, 2.05) is 0 Å². The van der Waals surface area contributed by atoms with Gasteiger partial charge in [0.2, 0.25) is 12.6 Å². The molecule has 0 aromatic heterocycles. The number of phenols is 4. The summed E-state index contributed by atoms with van der Waals surface area (Å²) in [5.74, 6) is -21.4. The summed E-state index contributed by atoms with van der Waals surface area (Å²) >= 11 is 0. The smallest absolute Gasteiger partial charge is 0.870 e. The van der Waals surface area contributed by atoms with E-state index in [0.717, 1.165) is 13.8 Å². The molecule has 2 aliphatic heterocycles. The van der Waals surface area contributed by atoms with Crippen LogP contribution in [-0.4, -0.2) is 258 Å². The molecular formula is C44H43AlCaO32. The molecule has 2 heterocycles. The van der Waals surface area contributed by atoms with Gasteiger partial charge in [-0.05, 0) is 60.1 Å². The molecular weight excluding hydrogens is 1110 g/mol. The topological polar surface area (TPSA) is 639 Å². The van der Waals surface area contributed by atoms with Crippen LogP contribution in [0.25, 0.3) is 0 Å². The number of aromatic carboxylic acids is 2. The molecule has 2 saturated heterocycles. The molecule has 4 unspecified atom stereocenters. The summed E-state index contributed by atoms with van der Waals surface area (Å²) in [6.07, 6.45) is -18.5. The van der Waals surface area contributed by atoms with Crippen LogP contribution in [0.1, 0.15) is 95.5 Å². The third-order valence-corrected chi connectivity index (χ3v) is 12.2. The molecule has 0 spiro atoms. The first-order chi connectivity index (χ1) is 33.7. The Morgan fingerprint density at radius 3 is 1.06 bits per heavy atom. The number of hydrogen-bond donors (Lipinski definition) is 14. The number of carboxylic acids is 2. The first kappa shape index (κ1) is 69.7. The fourth-order valence-corrected chi connectivity index (χ4v) is 8.59. The molecule has 0 bridgehead atoms. The molecule has 10 atom stereocenters. The van der Waals surface area contributed by atoms with Crippen LogP contribution in [0.3, 0.4) is 0 Å². The zero-order valence-electron chi connectivity index (χ0n) is 39.6. The van der Waals surface area contributed by atoms with E-state index < -0.39 is 223 Å². The minimum atomic E-state index is -2.05. The number of benzene rings is 4. The molecule has 78 heavy (non-hydrogen) atoms. The second-order valence-corrected chi connectivity index (χ2v) is 16.4. The average Bonchev–Trinajstić information content (AvgIpc) is 3.31. The minimum Gasteiger partial charge on any atom is -0.870 e. The number of fused-ring (bicyclic) bond motifs is 4. The number of aromatic hydroxyl groups is 4. The first-order valence-corrected chi connectivity index (χ1v) is 20.5. The van der Waals surface area contributed by atoms with Crippen LogP contribution in [0.15, 0.2) is 12.1 Å². The Bertz CT molecular complexity index is 2850. The molecule has 0 radical (unpaired) electrons. The SMILES string of the molecule is Cc1c(C(=O)O)c(O)cc2c1C(=O)c1c([O-])c(O[C@@H]3OC(CO)C(O)[C@@H](O)[C@H]3O)c(O)c([O-])c1C2=O.Cc1c(C(=O)O)c(O)cc2c1C(=O)c1c([O-])c(O[C@H]3OC(CO)C(O)[C@H](O)[C@@H]3O)c(O)c([O-])c1C2=O.O.O.O.[Al+3].[Ca+2].[OH-]. The normalized spacial score (nSPS) is 23.4. The van der Waals surface area contributed by atoms with Gasteiger partial charge in [-0.25, -0.2) is 9.59 Å². The van der Waals surface area contributed by atoms with Crippen molar-refractivity contribution in [3.05, 3.63) is 78.9 Å². The van der Waals surface area contributed by atoms with Crippen molar-refractivity contribution in [1.29, 1.82) is 0 Å². The van der Waals surface area contributed by atoms with Crippen LogP contribution in [0.5, 0.6) is 57.5 Å². The molecule has 21 N–H and O–H groups in total. The summed E-state index contributed by atoms with van der Waals surface area (Å²) in [5.41, 5.74) is -8.62. The number of carbonyl (C=O) groups is 6. The van der Waals surface area contributed by atoms with Crippen LogP contribution in [0.4, 0.5) is 0 Å². The Hall–Kier alpha value is -6.27. The van der Waals surface area contributed by atoms with E-state index in [-0.39, 0.29) is 88.1 Å². The number of ether oxygens (including phenoxy) is 4. The summed E-state index contributed by atoms with van der Waals surface area (Å²) in [4.78, 5) is 75.6. The largest absolute Gasteiger partial charge is 3.00 e. The van der Waals surface area contributed by atoms with Gasteiger partial charge in [-0.3, -0.25) is 19.2 Å². The Kier molecular flexibility index (Phi) is 23.0. The van der Waals surface area contributed by atoms with Crippen molar-refractivity contribution in [2.75, 3.05) is 13.2 Å². The van der Waals surface area contributed by atoms with Gasteiger partial charge in [0.15, 0.2) is 34.6 Å². The fourth-order valence-electron chi connectivity index (χ4n) is 8.59. The van der Waals surface area contributed by atoms with Crippen molar-refractivity contribution in [2.24, 2.45) is 0 Å². The maximum Gasteiger partial charge on any atom is 3.00 e. The summed E-state index contributed by atoms with van der Waals surface area (Å²) < 4.78 is 20.3. The van der Waals surface area contributed by atoms with Gasteiger partial charge in [-0.15, -0.1) is 0 Å². The number of aliphatic hydroxyl groups excluding tert-OH is 8. The van der Waals surface area contributed by atoms with Crippen LogP contribution in [0.2, 0.25) is 0 Å². The molecule has 0 amide bonds. The standard InChI is InChI=1S/2C22H20O14.Al.Ca.4H2O/c2*1-4-8-5(2-6(24)9(4)21(33)34)12(25)10-11(14(8)27)16(29)20(18(31)15(10)28)36-22-19(32)17(30)13(26)7(3-23)35-22;;;;;;/h2*2,7,13,17,19,22-24,26,28-32H,3H2,1H3,(H,33,34);;;4*1H2/q;;+3;+2;;;;/p-5/t2*7?,13?,17-,19-,22+;;;;;;/m10....../s1. The molecule has 416 valence electrons. The maximum atomic E-state index is 13.3. The van der Waals surface area contributed by atoms with E-state index >= 15 is 0 Å². The Labute approximate surface area is 474 Å². The molecule has 2 aliphatic carbocycles. The fraction of sp³-hybridized carbons (Fsp3) is 0.318. The average molecular weight is 1150 g/mol. The predicted octanol–water partition coefficient (Wildman–Crippen LogP) is -9.00. The van der Waals surface area contributed by atoms with Crippen LogP contribution in [0, 0.1) is 13.8 Å². The Morgan fingerprint density at radius 1 is 0.513 bits per heavy atom. The first-order valence-electron chi connectivity index (χ1n) is 20.5. The number of aliphatic hydroxyl groups is 8. The summed E-state index contributed by atoms with van der Waals surface area (Å²) in [7, 11) is 0. The van der Waals surface area contributed by atoms with E-state index in [1.165, 1.54) is 0 Å². The third kappa shape index (κ3) is 10.9. The van der Waals surface area contributed by atoms with Crippen LogP contribution in [-0.2, 0) is 9.47 Å². The number of hydrogen-bond acceptors (Lipinski definition) is 27. The van der Waals surface area contributed by atoms with Crippen molar-refractivity contribution < 1.29 is 162 Å². The molecule has 8 rings (SSSR count). The van der Waals surface area contributed by atoms with E-state index in [4.69, 9.17) is 18.9 Å². The molecule has 4 aromatic carbocycles. The summed E-state index contributed by atoms with van der Waals surface area (Å²) in [6.45, 7) is 0.485. The zero-order valence-corrected chi connectivity index (χ0v) is 42.9. The Balaban J connectivity index is 0.000000724. The van der Waals surface area contributed by atoms with Gasteiger partial charge in [0.1, 0.15) is 83.0 Å². The second-order valence-electron chi connectivity index (χ2n) is 16.4. The second kappa shape index (κ2) is 25.7. The number of rotatable bonds is 8. The molecule has 2 fully saturated rings. The van der Waals surface area contributed by atoms with Gasteiger partial charge >= 0.3 is 67.0 Å². The molecule has 4 aromatic rings. The van der Waals surface area contributed by atoms with Crippen molar-refractivity contribution in [3.63, 3.8) is 0 Å². The van der Waals surface area contributed by atoms with Gasteiger partial charge < -0.3 is 133 Å².